The molecule has 21 heavy (non-hydrogen) atoms. The molecule has 0 aliphatic rings. The predicted molar refractivity (Wildman–Crippen MR) is 83.9 cm³/mol. The van der Waals surface area contributed by atoms with Gasteiger partial charge in [-0.15, -0.1) is 0 Å². The third-order valence-corrected chi connectivity index (χ3v) is 4.01. The molecule has 3 rings (SSSR count). The van der Waals surface area contributed by atoms with E-state index in [4.69, 9.17) is 4.74 Å². The van der Waals surface area contributed by atoms with Crippen molar-refractivity contribution in [3.8, 4) is 11.4 Å². The molecule has 0 radical (unpaired) electrons. The molecule has 0 saturated carbocycles. The first kappa shape index (κ1) is 13.7. The van der Waals surface area contributed by atoms with E-state index in [1.165, 1.54) is 0 Å². The first-order valence-electron chi connectivity index (χ1n) is 6.57. The van der Waals surface area contributed by atoms with Gasteiger partial charge in [0, 0.05) is 30.4 Å². The minimum Gasteiger partial charge on any atom is -0.497 e. The molecule has 0 unspecified atom stereocenters. The third-order valence-electron chi connectivity index (χ3n) is 3.01. The van der Waals surface area contributed by atoms with Crippen LogP contribution in [0.5, 0.6) is 5.75 Å². The maximum Gasteiger partial charge on any atom is 0.172 e. The Balaban J connectivity index is 1.80. The molecule has 2 heterocycles. The van der Waals surface area contributed by atoms with Crippen LogP contribution in [0, 0.1) is 0 Å². The van der Waals surface area contributed by atoms with Crippen LogP contribution in [0.15, 0.2) is 66.2 Å². The number of benzene rings is 1. The highest BCUT2D eigenvalue weighted by molar-refractivity contribution is 7.98. The largest absolute Gasteiger partial charge is 0.497 e. The summed E-state index contributed by atoms with van der Waals surface area (Å²) in [6, 6.07) is 13.9. The molecule has 0 aliphatic carbocycles. The van der Waals surface area contributed by atoms with Crippen LogP contribution < -0.4 is 4.74 Å². The second-order valence-corrected chi connectivity index (χ2v) is 5.33. The Bertz CT molecular complexity index is 712. The van der Waals surface area contributed by atoms with Crippen molar-refractivity contribution in [3.63, 3.8) is 0 Å². The molecule has 0 bridgehead atoms. The zero-order valence-corrected chi connectivity index (χ0v) is 12.5. The van der Waals surface area contributed by atoms with Gasteiger partial charge in [0.2, 0.25) is 0 Å². The molecule has 3 aromatic rings. The Hall–Kier alpha value is -2.27. The molecule has 0 N–H and O–H groups in total. The first-order valence-corrected chi connectivity index (χ1v) is 7.56. The molecule has 0 amide bonds. The number of imidazole rings is 1. The second-order valence-electron chi connectivity index (χ2n) is 4.39. The molecule has 0 spiro atoms. The summed E-state index contributed by atoms with van der Waals surface area (Å²) in [5.74, 6) is 1.63. The lowest BCUT2D eigenvalue weighted by Gasteiger charge is -2.08. The fourth-order valence-electron chi connectivity index (χ4n) is 1.98. The molecule has 1 aromatic carbocycles. The monoisotopic (exact) mass is 297 g/mol. The molecule has 4 nitrogen and oxygen atoms in total. The zero-order chi connectivity index (χ0) is 14.5. The quantitative estimate of drug-likeness (QED) is 0.675. The van der Waals surface area contributed by atoms with Crippen molar-refractivity contribution >= 4 is 11.8 Å². The lowest BCUT2D eigenvalue weighted by Crippen LogP contribution is -1.96. The van der Waals surface area contributed by atoms with E-state index in [9.17, 15) is 0 Å². The van der Waals surface area contributed by atoms with Crippen molar-refractivity contribution in [2.75, 3.05) is 7.11 Å². The van der Waals surface area contributed by atoms with Gasteiger partial charge in [0.15, 0.2) is 5.16 Å². The van der Waals surface area contributed by atoms with Gasteiger partial charge in [-0.05, 0) is 24.3 Å². The van der Waals surface area contributed by atoms with Crippen molar-refractivity contribution < 1.29 is 4.74 Å². The maximum atomic E-state index is 5.27. The summed E-state index contributed by atoms with van der Waals surface area (Å²) in [5, 5.41) is 0.939. The Kier molecular flexibility index (Phi) is 4.21. The van der Waals surface area contributed by atoms with Gasteiger partial charge in [-0.1, -0.05) is 23.9 Å². The number of hydrogen-bond acceptors (Lipinski definition) is 4. The lowest BCUT2D eigenvalue weighted by atomic mass is 10.3. The summed E-state index contributed by atoms with van der Waals surface area (Å²) < 4.78 is 7.32. The van der Waals surface area contributed by atoms with Crippen LogP contribution in [0.2, 0.25) is 0 Å². The van der Waals surface area contributed by atoms with Crippen molar-refractivity contribution in [1.82, 2.24) is 14.5 Å². The molecule has 2 aromatic heterocycles. The Labute approximate surface area is 127 Å². The van der Waals surface area contributed by atoms with E-state index >= 15 is 0 Å². The van der Waals surface area contributed by atoms with Crippen LogP contribution in [0.4, 0.5) is 0 Å². The van der Waals surface area contributed by atoms with E-state index in [-0.39, 0.29) is 0 Å². The number of methoxy groups -OCH3 is 1. The molecule has 0 fully saturated rings. The second kappa shape index (κ2) is 6.45. The van der Waals surface area contributed by atoms with E-state index < -0.39 is 0 Å². The van der Waals surface area contributed by atoms with Gasteiger partial charge in [0.1, 0.15) is 5.75 Å². The van der Waals surface area contributed by atoms with E-state index in [1.807, 2.05) is 54.9 Å². The van der Waals surface area contributed by atoms with E-state index in [1.54, 1.807) is 25.1 Å². The summed E-state index contributed by atoms with van der Waals surface area (Å²) in [5.41, 5.74) is 2.08. The van der Waals surface area contributed by atoms with Gasteiger partial charge in [-0.2, -0.15) is 0 Å². The number of thioether (sulfide) groups is 1. The highest BCUT2D eigenvalue weighted by Crippen LogP contribution is 2.25. The third kappa shape index (κ3) is 3.25. The molecular weight excluding hydrogens is 282 g/mol. The standard InChI is InChI=1S/C16H15N3OS/c1-20-15-7-4-6-14(11-15)19-10-9-18-16(19)21-12-13-5-2-3-8-17-13/h2-11H,12H2,1H3. The summed E-state index contributed by atoms with van der Waals surface area (Å²) in [7, 11) is 1.67. The Morgan fingerprint density at radius 2 is 2.05 bits per heavy atom. The molecule has 0 aliphatic heterocycles. The highest BCUT2D eigenvalue weighted by Gasteiger charge is 2.07. The van der Waals surface area contributed by atoms with Crippen molar-refractivity contribution in [2.24, 2.45) is 0 Å². The SMILES string of the molecule is COc1cccc(-n2ccnc2SCc2ccccn2)c1. The van der Waals surface area contributed by atoms with Crippen LogP contribution in [-0.2, 0) is 5.75 Å². The minimum atomic E-state index is 0.793. The summed E-state index contributed by atoms with van der Waals surface area (Å²) in [6.07, 6.45) is 5.57. The number of rotatable bonds is 5. The van der Waals surface area contributed by atoms with Crippen LogP contribution >= 0.6 is 11.8 Å². The average molecular weight is 297 g/mol. The van der Waals surface area contributed by atoms with Crippen LogP contribution in [-0.4, -0.2) is 21.6 Å². The zero-order valence-electron chi connectivity index (χ0n) is 11.6. The van der Waals surface area contributed by atoms with Gasteiger partial charge >= 0.3 is 0 Å². The van der Waals surface area contributed by atoms with Crippen LogP contribution in [0.1, 0.15) is 5.69 Å². The van der Waals surface area contributed by atoms with Gasteiger partial charge < -0.3 is 4.74 Å². The summed E-state index contributed by atoms with van der Waals surface area (Å²) >= 11 is 1.66. The minimum absolute atomic E-state index is 0.793. The smallest absolute Gasteiger partial charge is 0.172 e. The van der Waals surface area contributed by atoms with Gasteiger partial charge in [-0.3, -0.25) is 9.55 Å². The average Bonchev–Trinajstić information content (AvgIpc) is 3.02. The van der Waals surface area contributed by atoms with E-state index in [0.717, 1.165) is 28.0 Å². The lowest BCUT2D eigenvalue weighted by molar-refractivity contribution is 0.414. The van der Waals surface area contributed by atoms with Crippen molar-refractivity contribution in [1.29, 1.82) is 0 Å². The van der Waals surface area contributed by atoms with Gasteiger partial charge in [-0.25, -0.2) is 4.98 Å². The van der Waals surface area contributed by atoms with Gasteiger partial charge in [0.25, 0.3) is 0 Å². The normalized spacial score (nSPS) is 10.5. The Morgan fingerprint density at radius 3 is 2.86 bits per heavy atom. The molecule has 0 atom stereocenters. The fourth-order valence-corrected chi connectivity index (χ4v) is 2.86. The van der Waals surface area contributed by atoms with Crippen molar-refractivity contribution in [2.45, 2.75) is 10.9 Å². The first-order chi connectivity index (χ1) is 10.4. The topological polar surface area (TPSA) is 39.9 Å². The number of aromatic nitrogens is 3. The molecule has 0 saturated heterocycles. The van der Waals surface area contributed by atoms with Crippen LogP contribution in [0.25, 0.3) is 5.69 Å². The van der Waals surface area contributed by atoms with E-state index in [0.29, 0.717) is 0 Å². The maximum absolute atomic E-state index is 5.27. The summed E-state index contributed by atoms with van der Waals surface area (Å²) in [4.78, 5) is 8.75. The Morgan fingerprint density at radius 1 is 1.10 bits per heavy atom. The number of ether oxygens (including phenoxy) is 1. The predicted octanol–water partition coefficient (Wildman–Crippen LogP) is 3.57. The molecule has 106 valence electrons. The molecule has 5 heteroatoms. The number of hydrogen-bond donors (Lipinski definition) is 0. The fraction of sp³-hybridized carbons (Fsp3) is 0.125. The highest BCUT2D eigenvalue weighted by atomic mass is 32.2. The van der Waals surface area contributed by atoms with Gasteiger partial charge in [0.05, 0.1) is 18.5 Å². The molecular formula is C16H15N3OS. The summed E-state index contributed by atoms with van der Waals surface area (Å²) in [6.45, 7) is 0. The van der Waals surface area contributed by atoms with Crippen molar-refractivity contribution in [3.05, 3.63) is 66.7 Å². The van der Waals surface area contributed by atoms with Crippen LogP contribution in [0.3, 0.4) is 0 Å². The number of pyridine rings is 1. The van der Waals surface area contributed by atoms with E-state index in [2.05, 4.69) is 14.5 Å². The number of nitrogens with zero attached hydrogens (tertiary/aromatic N) is 3.